The summed E-state index contributed by atoms with van der Waals surface area (Å²) < 4.78 is 0. The summed E-state index contributed by atoms with van der Waals surface area (Å²) in [6.07, 6.45) is 0.694. The van der Waals surface area contributed by atoms with Crippen LogP contribution >= 0.6 is 0 Å². The molecule has 0 saturated carbocycles. The molecule has 0 bridgehead atoms. The van der Waals surface area contributed by atoms with Gasteiger partial charge in [-0.05, 0) is 42.0 Å². The van der Waals surface area contributed by atoms with Crippen LogP contribution in [-0.4, -0.2) is 46.1 Å². The Morgan fingerprint density at radius 3 is 1.97 bits per heavy atom. The highest BCUT2D eigenvalue weighted by Crippen LogP contribution is 2.12. The van der Waals surface area contributed by atoms with Crippen molar-refractivity contribution in [1.82, 2.24) is 10.6 Å². The number of benzene rings is 2. The number of carboxylic acid groups (broad SMARTS) is 1. The summed E-state index contributed by atoms with van der Waals surface area (Å²) in [6, 6.07) is 12.5. The number of carbonyl (C=O) groups excluding carboxylic acids is 2. The van der Waals surface area contributed by atoms with Crippen molar-refractivity contribution in [2.24, 2.45) is 11.7 Å². The number of carbonyl (C=O) groups is 3. The van der Waals surface area contributed by atoms with Crippen LogP contribution < -0.4 is 16.4 Å². The van der Waals surface area contributed by atoms with Crippen LogP contribution in [0.5, 0.6) is 5.75 Å². The molecule has 0 spiro atoms. The van der Waals surface area contributed by atoms with E-state index >= 15 is 0 Å². The van der Waals surface area contributed by atoms with Gasteiger partial charge in [-0.15, -0.1) is 0 Å². The molecule has 172 valence electrons. The first-order valence-electron chi connectivity index (χ1n) is 10.6. The van der Waals surface area contributed by atoms with Gasteiger partial charge in [0.25, 0.3) is 0 Å². The lowest BCUT2D eigenvalue weighted by atomic mass is 10.00. The number of carboxylic acids is 1. The molecule has 32 heavy (non-hydrogen) atoms. The van der Waals surface area contributed by atoms with E-state index in [-0.39, 0.29) is 18.1 Å². The first-order chi connectivity index (χ1) is 15.2. The van der Waals surface area contributed by atoms with Crippen LogP contribution in [0.4, 0.5) is 0 Å². The Balaban J connectivity index is 2.05. The number of nitrogens with one attached hydrogen (secondary N) is 2. The van der Waals surface area contributed by atoms with Crippen molar-refractivity contribution in [2.45, 2.75) is 51.2 Å². The van der Waals surface area contributed by atoms with Crippen LogP contribution in [0.15, 0.2) is 54.6 Å². The van der Waals surface area contributed by atoms with E-state index in [0.717, 1.165) is 5.56 Å². The first kappa shape index (κ1) is 24.9. The summed E-state index contributed by atoms with van der Waals surface area (Å²) in [5.41, 5.74) is 7.58. The molecule has 2 rings (SSSR count). The summed E-state index contributed by atoms with van der Waals surface area (Å²) in [7, 11) is 0. The van der Waals surface area contributed by atoms with Gasteiger partial charge in [-0.2, -0.15) is 0 Å². The van der Waals surface area contributed by atoms with E-state index < -0.39 is 35.9 Å². The molecular weight excluding hydrogens is 410 g/mol. The molecule has 2 aromatic carbocycles. The second-order valence-corrected chi connectivity index (χ2v) is 8.26. The van der Waals surface area contributed by atoms with Gasteiger partial charge in [-0.25, -0.2) is 4.79 Å². The fourth-order valence-electron chi connectivity index (χ4n) is 3.28. The number of amides is 2. The van der Waals surface area contributed by atoms with E-state index in [1.807, 2.05) is 44.2 Å². The smallest absolute Gasteiger partial charge is 0.326 e. The van der Waals surface area contributed by atoms with Gasteiger partial charge in [-0.1, -0.05) is 56.3 Å². The molecule has 8 heteroatoms. The molecule has 0 aliphatic rings. The maximum Gasteiger partial charge on any atom is 0.326 e. The van der Waals surface area contributed by atoms with Crippen molar-refractivity contribution >= 4 is 17.8 Å². The molecule has 3 atom stereocenters. The number of phenolic OH excluding ortho intramolecular Hbond substituents is 1. The van der Waals surface area contributed by atoms with Crippen molar-refractivity contribution < 1.29 is 24.6 Å². The number of aromatic hydroxyl groups is 1. The highest BCUT2D eigenvalue weighted by atomic mass is 16.4. The topological polar surface area (TPSA) is 142 Å². The molecule has 0 radical (unpaired) electrons. The van der Waals surface area contributed by atoms with Crippen LogP contribution in [0.3, 0.4) is 0 Å². The average Bonchev–Trinajstić information content (AvgIpc) is 2.74. The molecule has 2 aromatic rings. The molecule has 6 N–H and O–H groups in total. The zero-order chi connectivity index (χ0) is 23.7. The minimum Gasteiger partial charge on any atom is -0.508 e. The Morgan fingerprint density at radius 1 is 0.844 bits per heavy atom. The summed E-state index contributed by atoms with van der Waals surface area (Å²) in [6.45, 7) is 3.81. The minimum atomic E-state index is -1.19. The summed E-state index contributed by atoms with van der Waals surface area (Å²) in [5, 5.41) is 24.2. The predicted molar refractivity (Wildman–Crippen MR) is 121 cm³/mol. The van der Waals surface area contributed by atoms with Gasteiger partial charge in [0.2, 0.25) is 11.8 Å². The SMILES string of the molecule is CC(C)CC(NC(=O)C(N)Cc1ccccc1)C(=O)NC(Cc1ccc(O)cc1)C(=O)O. The molecule has 0 fully saturated rings. The van der Waals surface area contributed by atoms with Gasteiger partial charge in [0.1, 0.15) is 17.8 Å². The fraction of sp³-hybridized carbons (Fsp3) is 0.375. The van der Waals surface area contributed by atoms with Gasteiger partial charge < -0.3 is 26.6 Å². The number of hydrogen-bond acceptors (Lipinski definition) is 5. The maximum absolute atomic E-state index is 12.9. The average molecular weight is 442 g/mol. The van der Waals surface area contributed by atoms with Crippen molar-refractivity contribution in [3.63, 3.8) is 0 Å². The van der Waals surface area contributed by atoms with E-state index in [1.54, 1.807) is 12.1 Å². The van der Waals surface area contributed by atoms with Gasteiger partial charge in [-0.3, -0.25) is 9.59 Å². The maximum atomic E-state index is 12.9. The summed E-state index contributed by atoms with van der Waals surface area (Å²) in [4.78, 5) is 37.2. The van der Waals surface area contributed by atoms with E-state index in [9.17, 15) is 24.6 Å². The monoisotopic (exact) mass is 441 g/mol. The number of hydrogen-bond donors (Lipinski definition) is 5. The molecule has 8 nitrogen and oxygen atoms in total. The lowest BCUT2D eigenvalue weighted by Crippen LogP contribution is -2.55. The van der Waals surface area contributed by atoms with Gasteiger partial charge >= 0.3 is 5.97 Å². The normalized spacial score (nSPS) is 13.8. The molecule has 0 heterocycles. The van der Waals surface area contributed by atoms with Gasteiger partial charge in [0.05, 0.1) is 6.04 Å². The van der Waals surface area contributed by atoms with Crippen LogP contribution in [0.25, 0.3) is 0 Å². The second-order valence-electron chi connectivity index (χ2n) is 8.26. The molecule has 0 aliphatic carbocycles. The highest BCUT2D eigenvalue weighted by molar-refractivity contribution is 5.91. The van der Waals surface area contributed by atoms with E-state index in [1.165, 1.54) is 12.1 Å². The summed E-state index contributed by atoms with van der Waals surface area (Å²) >= 11 is 0. The highest BCUT2D eigenvalue weighted by Gasteiger charge is 2.28. The van der Waals surface area contributed by atoms with Crippen LogP contribution in [0.1, 0.15) is 31.4 Å². The van der Waals surface area contributed by atoms with Crippen molar-refractivity contribution in [1.29, 1.82) is 0 Å². The van der Waals surface area contributed by atoms with Crippen LogP contribution in [-0.2, 0) is 27.2 Å². The molecule has 2 amide bonds. The second kappa shape index (κ2) is 11.9. The van der Waals surface area contributed by atoms with E-state index in [2.05, 4.69) is 10.6 Å². The molecule has 0 aromatic heterocycles. The van der Waals surface area contributed by atoms with Gasteiger partial charge in [0, 0.05) is 6.42 Å². The number of phenols is 1. The lowest BCUT2D eigenvalue weighted by molar-refractivity contribution is -0.142. The number of rotatable bonds is 11. The van der Waals surface area contributed by atoms with Crippen molar-refractivity contribution in [3.05, 3.63) is 65.7 Å². The Kier molecular flexibility index (Phi) is 9.22. The third-order valence-electron chi connectivity index (χ3n) is 4.97. The quantitative estimate of drug-likeness (QED) is 0.359. The molecule has 0 aliphatic heterocycles. The summed E-state index contributed by atoms with van der Waals surface area (Å²) in [5.74, 6) is -2.10. The third-order valence-corrected chi connectivity index (χ3v) is 4.97. The zero-order valence-corrected chi connectivity index (χ0v) is 18.3. The minimum absolute atomic E-state index is 0.0389. The predicted octanol–water partition coefficient (Wildman–Crippen LogP) is 1.61. The van der Waals surface area contributed by atoms with E-state index in [4.69, 9.17) is 5.73 Å². The third kappa shape index (κ3) is 8.03. The van der Waals surface area contributed by atoms with Gasteiger partial charge in [0.15, 0.2) is 0 Å². The Labute approximate surface area is 187 Å². The van der Waals surface area contributed by atoms with Crippen molar-refractivity contribution in [2.75, 3.05) is 0 Å². The van der Waals surface area contributed by atoms with Crippen molar-refractivity contribution in [3.8, 4) is 5.75 Å². The lowest BCUT2D eigenvalue weighted by Gasteiger charge is -2.24. The Bertz CT molecular complexity index is 900. The Hall–Kier alpha value is -3.39. The van der Waals surface area contributed by atoms with E-state index in [0.29, 0.717) is 18.4 Å². The van der Waals surface area contributed by atoms with Crippen LogP contribution in [0.2, 0.25) is 0 Å². The standard InChI is InChI=1S/C24H31N3O5/c1-15(2)12-20(26-22(29)19(25)13-16-6-4-3-5-7-16)23(30)27-21(24(31)32)14-17-8-10-18(28)11-9-17/h3-11,15,19-21,28H,12-14,25H2,1-2H3,(H,26,29)(H,27,30)(H,31,32). The molecular formula is C24H31N3O5. The fourth-order valence-corrected chi connectivity index (χ4v) is 3.28. The Morgan fingerprint density at radius 2 is 1.41 bits per heavy atom. The van der Waals surface area contributed by atoms with Crippen LogP contribution in [0, 0.1) is 5.92 Å². The molecule has 3 unspecified atom stereocenters. The molecule has 0 saturated heterocycles. The number of nitrogens with two attached hydrogens (primary N) is 1. The first-order valence-corrected chi connectivity index (χ1v) is 10.6. The zero-order valence-electron chi connectivity index (χ0n) is 18.3. The largest absolute Gasteiger partial charge is 0.508 e. The number of aliphatic carboxylic acids is 1.